The number of aliphatic hydroxyl groups excluding tert-OH is 2. The van der Waals surface area contributed by atoms with E-state index in [4.69, 9.17) is 23.7 Å². The Bertz CT molecular complexity index is 1350. The van der Waals surface area contributed by atoms with Crippen LogP contribution in [-0.2, 0) is 28.5 Å². The molecule has 248 valence electrons. The Balaban J connectivity index is 1.53. The molecule has 3 N–H and O–H groups in total. The van der Waals surface area contributed by atoms with Crippen LogP contribution in [0.15, 0.2) is 30.3 Å². The molecule has 5 aliphatic carbocycles. The first-order chi connectivity index (χ1) is 21.5. The summed E-state index contributed by atoms with van der Waals surface area (Å²) in [5.74, 6) is -3.34. The summed E-state index contributed by atoms with van der Waals surface area (Å²) in [6, 6.07) is 8.29. The zero-order valence-electron chi connectivity index (χ0n) is 26.9. The Morgan fingerprint density at radius 3 is 2.29 bits per heavy atom. The minimum Gasteiger partial charge on any atom is -0.455 e. The van der Waals surface area contributed by atoms with E-state index in [9.17, 15) is 24.9 Å². The van der Waals surface area contributed by atoms with Gasteiger partial charge in [0, 0.05) is 75.8 Å². The topological polar surface area (TPSA) is 144 Å². The van der Waals surface area contributed by atoms with Gasteiger partial charge in [-0.05, 0) is 37.4 Å². The van der Waals surface area contributed by atoms with Crippen LogP contribution in [0, 0.1) is 34.5 Å². The van der Waals surface area contributed by atoms with Crippen molar-refractivity contribution >= 4 is 11.9 Å². The van der Waals surface area contributed by atoms with Crippen LogP contribution < -0.4 is 0 Å². The number of methoxy groups -OCH3 is 3. The summed E-state index contributed by atoms with van der Waals surface area (Å²) in [6.45, 7) is 6.75. The second-order valence-corrected chi connectivity index (χ2v) is 14.3. The van der Waals surface area contributed by atoms with Crippen molar-refractivity contribution in [3.8, 4) is 0 Å². The highest BCUT2D eigenvalue weighted by atomic mass is 16.6. The number of nitrogens with zero attached hydrogens (tertiary/aromatic N) is 1. The van der Waals surface area contributed by atoms with Gasteiger partial charge >= 0.3 is 11.9 Å². The van der Waals surface area contributed by atoms with Crippen molar-refractivity contribution < 1.29 is 48.6 Å². The molecule has 15 atom stereocenters. The smallest absolute Gasteiger partial charge is 0.338 e. The molecule has 7 rings (SSSR count). The number of carbonyl (C=O) groups is 2. The number of carbonyl (C=O) groups excluding carboxylic acids is 2. The van der Waals surface area contributed by atoms with Crippen LogP contribution >= 0.6 is 0 Å². The highest BCUT2D eigenvalue weighted by Crippen LogP contribution is 2.81. The lowest BCUT2D eigenvalue weighted by Crippen LogP contribution is -2.81. The van der Waals surface area contributed by atoms with Crippen molar-refractivity contribution in [2.75, 3.05) is 34.4 Å². The molecule has 45 heavy (non-hydrogen) atoms. The fourth-order valence-electron chi connectivity index (χ4n) is 12.4. The van der Waals surface area contributed by atoms with Gasteiger partial charge in [0.25, 0.3) is 0 Å². The van der Waals surface area contributed by atoms with Crippen molar-refractivity contribution in [1.82, 2.24) is 4.90 Å². The van der Waals surface area contributed by atoms with Gasteiger partial charge in [-0.15, -0.1) is 0 Å². The lowest BCUT2D eigenvalue weighted by atomic mass is 9.42. The second kappa shape index (κ2) is 10.4. The summed E-state index contributed by atoms with van der Waals surface area (Å²) in [5.41, 5.74) is -4.40. The molecule has 7 bridgehead atoms. The number of benzene rings is 1. The van der Waals surface area contributed by atoms with Gasteiger partial charge in [-0.1, -0.05) is 32.0 Å². The number of rotatable bonds is 8. The maximum absolute atomic E-state index is 13.7. The van der Waals surface area contributed by atoms with E-state index in [2.05, 4.69) is 18.7 Å². The summed E-state index contributed by atoms with van der Waals surface area (Å²) in [5, 5.41) is 37.2. The molecule has 1 aromatic rings. The largest absolute Gasteiger partial charge is 0.455 e. The number of ether oxygens (including phenoxy) is 5. The number of fused-ring (bicyclic) bond motifs is 2. The van der Waals surface area contributed by atoms with Crippen LogP contribution in [0.2, 0.25) is 0 Å². The molecule has 7 unspecified atom stereocenters. The van der Waals surface area contributed by atoms with E-state index in [0.29, 0.717) is 31.5 Å². The lowest BCUT2D eigenvalue weighted by molar-refractivity contribution is -0.321. The fourth-order valence-corrected chi connectivity index (χ4v) is 12.4. The number of hydrogen-bond acceptors (Lipinski definition) is 11. The van der Waals surface area contributed by atoms with E-state index in [1.807, 2.05) is 0 Å². The van der Waals surface area contributed by atoms with Gasteiger partial charge in [0.2, 0.25) is 0 Å². The predicted octanol–water partition coefficient (Wildman–Crippen LogP) is 1.41. The van der Waals surface area contributed by atoms with Crippen LogP contribution in [0.4, 0.5) is 0 Å². The van der Waals surface area contributed by atoms with Gasteiger partial charge in [-0.25, -0.2) is 4.79 Å². The second-order valence-electron chi connectivity index (χ2n) is 14.3. The van der Waals surface area contributed by atoms with Crippen molar-refractivity contribution in [2.24, 2.45) is 34.5 Å². The zero-order valence-corrected chi connectivity index (χ0v) is 26.9. The molecule has 0 aromatic heterocycles. The highest BCUT2D eigenvalue weighted by molar-refractivity contribution is 5.89. The molecule has 1 aliphatic heterocycles. The molecule has 0 amide bonds. The third-order valence-electron chi connectivity index (χ3n) is 13.4. The number of hydrogen-bond donors (Lipinski definition) is 3. The van der Waals surface area contributed by atoms with Crippen LogP contribution in [0.25, 0.3) is 0 Å². The first kappa shape index (κ1) is 31.5. The van der Waals surface area contributed by atoms with E-state index in [1.165, 1.54) is 14.0 Å². The number of esters is 2. The van der Waals surface area contributed by atoms with Gasteiger partial charge < -0.3 is 39.0 Å². The minimum absolute atomic E-state index is 0.118. The van der Waals surface area contributed by atoms with Crippen molar-refractivity contribution in [3.05, 3.63) is 35.9 Å². The maximum Gasteiger partial charge on any atom is 0.338 e. The SMILES string of the molecule is CCN1CC2(CC)C3C(OC)C4C1C3([C@@H](OC)C[C@H]2O)[C@H]1C[C@@]2(O)[C@H](OC(=O)c3ccccc3)C1[C@]4(OC(C)=O)[C@@H](O)[C@@H]2OC. The van der Waals surface area contributed by atoms with E-state index >= 15 is 0 Å². The summed E-state index contributed by atoms with van der Waals surface area (Å²) < 4.78 is 31.5. The van der Waals surface area contributed by atoms with Gasteiger partial charge in [-0.3, -0.25) is 9.69 Å². The predicted molar refractivity (Wildman–Crippen MR) is 159 cm³/mol. The van der Waals surface area contributed by atoms with Crippen LogP contribution in [-0.4, -0.2) is 120 Å². The summed E-state index contributed by atoms with van der Waals surface area (Å²) in [6.07, 6.45) is -4.36. The fraction of sp³-hybridized carbons (Fsp3) is 0.765. The third kappa shape index (κ3) is 3.50. The molecule has 1 spiro atoms. The molecule has 11 nitrogen and oxygen atoms in total. The summed E-state index contributed by atoms with van der Waals surface area (Å²) >= 11 is 0. The number of aliphatic hydroxyl groups is 3. The standard InChI is InChI=1S/C34H47NO10/c1-7-31-16-35(8-2)26-23-24(42-5)25(31)33(26,21(41-4)14-20(31)37)19-15-32(40)28(44-30(39)18-12-10-9-11-13-18)22(19)34(23,45-17(3)36)27(38)29(32)43-6/h9-13,19-29,37-38,40H,7-8,14-16H2,1-6H3/t19-,20+,21-,22?,23?,24?,25?,26?,27-,28+,29-,31?,32+,33?,34+/m0/s1. The summed E-state index contributed by atoms with van der Waals surface area (Å²) in [7, 11) is 4.71. The Kier molecular flexibility index (Phi) is 7.30. The highest BCUT2D eigenvalue weighted by Gasteiger charge is 2.92. The zero-order chi connectivity index (χ0) is 32.3. The quantitative estimate of drug-likeness (QED) is 0.359. The Labute approximate surface area is 264 Å². The van der Waals surface area contributed by atoms with Crippen LogP contribution in [0.1, 0.15) is 50.4 Å². The van der Waals surface area contributed by atoms with Gasteiger partial charge in [0.15, 0.2) is 5.60 Å². The Morgan fingerprint density at radius 1 is 1.00 bits per heavy atom. The molecule has 0 radical (unpaired) electrons. The Morgan fingerprint density at radius 2 is 1.71 bits per heavy atom. The molecule has 1 heterocycles. The average Bonchev–Trinajstić information content (AvgIpc) is 3.40. The van der Waals surface area contributed by atoms with Crippen molar-refractivity contribution in [2.45, 2.75) is 93.9 Å². The van der Waals surface area contributed by atoms with E-state index < -0.39 is 88.3 Å². The molecule has 11 heteroatoms. The van der Waals surface area contributed by atoms with Gasteiger partial charge in [-0.2, -0.15) is 0 Å². The third-order valence-corrected chi connectivity index (χ3v) is 13.4. The maximum atomic E-state index is 13.7. The molecule has 6 aliphatic rings. The number of piperidine rings is 1. The van der Waals surface area contributed by atoms with Gasteiger partial charge in [0.05, 0.1) is 23.9 Å². The minimum atomic E-state index is -1.80. The van der Waals surface area contributed by atoms with Gasteiger partial charge in [0.1, 0.15) is 23.9 Å². The molecule has 5 saturated carbocycles. The van der Waals surface area contributed by atoms with E-state index in [-0.39, 0.29) is 18.4 Å². The monoisotopic (exact) mass is 629 g/mol. The van der Waals surface area contributed by atoms with Crippen molar-refractivity contribution in [1.29, 1.82) is 0 Å². The first-order valence-corrected chi connectivity index (χ1v) is 16.4. The molecular formula is C34H47NO10. The lowest BCUT2D eigenvalue weighted by Gasteiger charge is -2.70. The number of likely N-dealkylation sites (tertiary alicyclic amines) is 1. The molecule has 6 fully saturated rings. The molecule has 1 saturated heterocycles. The summed E-state index contributed by atoms with van der Waals surface area (Å²) in [4.78, 5) is 29.3. The van der Waals surface area contributed by atoms with Crippen LogP contribution in [0.3, 0.4) is 0 Å². The molecular weight excluding hydrogens is 582 g/mol. The average molecular weight is 630 g/mol. The molecule has 1 aromatic carbocycles. The van der Waals surface area contributed by atoms with E-state index in [0.717, 1.165) is 0 Å². The van der Waals surface area contributed by atoms with Crippen molar-refractivity contribution in [3.63, 3.8) is 0 Å². The normalized spacial score (nSPS) is 50.7. The first-order valence-electron chi connectivity index (χ1n) is 16.4. The Hall–Kier alpha value is -2.12. The van der Waals surface area contributed by atoms with Crippen LogP contribution in [0.5, 0.6) is 0 Å². The van der Waals surface area contributed by atoms with E-state index in [1.54, 1.807) is 44.6 Å².